The van der Waals surface area contributed by atoms with Gasteiger partial charge in [-0.15, -0.1) is 11.7 Å². The van der Waals surface area contributed by atoms with Crippen molar-refractivity contribution in [2.45, 2.75) is 78.9 Å². The van der Waals surface area contributed by atoms with Crippen molar-refractivity contribution in [1.82, 2.24) is 15.0 Å². The standard InChI is InChI=1S/C30H38N4O4/c1-5-28(2)16-13-25-22(17-28)9-12-26-29(25,3)14-6-15-30(26,4)27(35)38-20-23-19-33(32-31-23)18-21-7-10-24(11-8-21)34(36)37/h5,7-8,10-11,13,19,22,26H,1,6,9,12,14-18,20H2,2-4H3/t22-,26-,28-,29-,30+/m0/s1. The minimum atomic E-state index is -0.521. The number of nitro groups is 1. The predicted octanol–water partition coefficient (Wildman–Crippen LogP) is 6.41. The molecule has 0 bridgehead atoms. The number of hydrogen-bond acceptors (Lipinski definition) is 6. The summed E-state index contributed by atoms with van der Waals surface area (Å²) in [6.45, 7) is 11.4. The van der Waals surface area contributed by atoms with Crippen LogP contribution < -0.4 is 0 Å². The summed E-state index contributed by atoms with van der Waals surface area (Å²) < 4.78 is 7.54. The number of non-ortho nitro benzene ring substituents is 1. The van der Waals surface area contributed by atoms with E-state index < -0.39 is 10.3 Å². The fourth-order valence-electron chi connectivity index (χ4n) is 7.56. The third-order valence-corrected chi connectivity index (χ3v) is 9.72. The van der Waals surface area contributed by atoms with Crippen LogP contribution in [-0.4, -0.2) is 25.9 Å². The number of rotatable bonds is 7. The lowest BCUT2D eigenvalue weighted by atomic mass is 9.46. The summed E-state index contributed by atoms with van der Waals surface area (Å²) in [6, 6.07) is 6.36. The van der Waals surface area contributed by atoms with Crippen molar-refractivity contribution in [2.24, 2.45) is 28.1 Å². The topological polar surface area (TPSA) is 100 Å². The molecule has 0 unspecified atom stereocenters. The molecule has 2 aromatic rings. The smallest absolute Gasteiger partial charge is 0.312 e. The third-order valence-electron chi connectivity index (χ3n) is 9.72. The zero-order chi connectivity index (χ0) is 27.1. The molecule has 0 spiro atoms. The number of carbonyl (C=O) groups excluding carboxylic acids is 1. The average molecular weight is 519 g/mol. The molecule has 5 rings (SSSR count). The lowest BCUT2D eigenvalue weighted by Crippen LogP contribution is -2.53. The summed E-state index contributed by atoms with van der Waals surface area (Å²) in [5.74, 6) is 0.714. The molecule has 8 heteroatoms. The Morgan fingerprint density at radius 3 is 2.71 bits per heavy atom. The zero-order valence-electron chi connectivity index (χ0n) is 22.7. The molecule has 0 N–H and O–H groups in total. The van der Waals surface area contributed by atoms with E-state index in [-0.39, 0.29) is 35.0 Å². The van der Waals surface area contributed by atoms with Crippen molar-refractivity contribution in [3.8, 4) is 0 Å². The lowest BCUT2D eigenvalue weighted by Gasteiger charge is -2.58. The highest BCUT2D eigenvalue weighted by atomic mass is 16.6. The van der Waals surface area contributed by atoms with Gasteiger partial charge in [0.25, 0.3) is 5.69 Å². The highest BCUT2D eigenvalue weighted by Crippen LogP contribution is 2.64. The van der Waals surface area contributed by atoms with Crippen molar-refractivity contribution < 1.29 is 14.5 Å². The van der Waals surface area contributed by atoms with Crippen LogP contribution in [-0.2, 0) is 22.7 Å². The molecule has 8 nitrogen and oxygen atoms in total. The molecule has 0 amide bonds. The Morgan fingerprint density at radius 2 is 2.00 bits per heavy atom. The number of nitro benzene ring substituents is 1. The molecule has 0 saturated heterocycles. The van der Waals surface area contributed by atoms with E-state index >= 15 is 0 Å². The second kappa shape index (κ2) is 9.79. The van der Waals surface area contributed by atoms with Gasteiger partial charge in [-0.05, 0) is 73.7 Å². The number of ether oxygens (including phenoxy) is 1. The first-order valence-electron chi connectivity index (χ1n) is 13.7. The predicted molar refractivity (Wildman–Crippen MR) is 144 cm³/mol. The first kappa shape index (κ1) is 26.3. The lowest BCUT2D eigenvalue weighted by molar-refractivity contribution is -0.384. The summed E-state index contributed by atoms with van der Waals surface area (Å²) in [4.78, 5) is 24.1. The highest BCUT2D eigenvalue weighted by molar-refractivity contribution is 5.77. The van der Waals surface area contributed by atoms with Crippen molar-refractivity contribution in [1.29, 1.82) is 0 Å². The SMILES string of the molecule is C=C[C@@]1(C)CC=C2[C@@H](CC[C@@H]3[C@](C)(C(=O)OCc4cn(Cc5ccc([N+](=O)[O-])cc5)nn4)CCC[C@@]23C)C1. The van der Waals surface area contributed by atoms with E-state index in [1.807, 2.05) is 0 Å². The number of fused-ring (bicyclic) bond motifs is 3. The molecule has 0 aliphatic heterocycles. The van der Waals surface area contributed by atoms with Crippen LogP contribution >= 0.6 is 0 Å². The fourth-order valence-corrected chi connectivity index (χ4v) is 7.56. The first-order chi connectivity index (χ1) is 18.1. The molecular formula is C30H38N4O4. The number of aromatic nitrogens is 3. The van der Waals surface area contributed by atoms with Gasteiger partial charge in [-0.25, -0.2) is 4.68 Å². The van der Waals surface area contributed by atoms with E-state index in [1.54, 1.807) is 28.6 Å². The van der Waals surface area contributed by atoms with Gasteiger partial charge in [0.15, 0.2) is 0 Å². The summed E-state index contributed by atoms with van der Waals surface area (Å²) >= 11 is 0. The summed E-state index contributed by atoms with van der Waals surface area (Å²) in [6.07, 6.45) is 13.7. The van der Waals surface area contributed by atoms with Gasteiger partial charge in [-0.2, -0.15) is 0 Å². The Labute approximate surface area is 224 Å². The van der Waals surface area contributed by atoms with Crippen LogP contribution in [0.4, 0.5) is 5.69 Å². The van der Waals surface area contributed by atoms with Crippen molar-refractivity contribution in [2.75, 3.05) is 0 Å². The maximum Gasteiger partial charge on any atom is 0.312 e. The van der Waals surface area contributed by atoms with E-state index in [9.17, 15) is 14.9 Å². The molecule has 3 aliphatic carbocycles. The Kier molecular flexibility index (Phi) is 6.78. The molecule has 1 heterocycles. The molecular weight excluding hydrogens is 480 g/mol. The normalized spacial score (nSPS) is 32.4. The quantitative estimate of drug-likeness (QED) is 0.182. The van der Waals surface area contributed by atoms with Gasteiger partial charge in [0.1, 0.15) is 12.3 Å². The Hall–Kier alpha value is -3.29. The van der Waals surface area contributed by atoms with E-state index in [0.717, 1.165) is 50.5 Å². The minimum absolute atomic E-state index is 0.0331. The number of hydrogen-bond donors (Lipinski definition) is 0. The van der Waals surface area contributed by atoms with Gasteiger partial charge in [-0.3, -0.25) is 14.9 Å². The summed E-state index contributed by atoms with van der Waals surface area (Å²) in [5, 5.41) is 19.2. The second-order valence-corrected chi connectivity index (χ2v) is 12.3. The molecule has 38 heavy (non-hydrogen) atoms. The van der Waals surface area contributed by atoms with Crippen LogP contribution in [0.1, 0.15) is 77.0 Å². The molecule has 2 saturated carbocycles. The Morgan fingerprint density at radius 1 is 1.24 bits per heavy atom. The van der Waals surface area contributed by atoms with Gasteiger partial charge in [0.05, 0.1) is 23.1 Å². The Bertz CT molecular complexity index is 1270. The van der Waals surface area contributed by atoms with Crippen LogP contribution in [0.15, 0.2) is 54.8 Å². The van der Waals surface area contributed by atoms with Gasteiger partial charge < -0.3 is 4.74 Å². The van der Waals surface area contributed by atoms with Crippen LogP contribution in [0.5, 0.6) is 0 Å². The van der Waals surface area contributed by atoms with Crippen LogP contribution in [0.2, 0.25) is 0 Å². The molecule has 0 radical (unpaired) electrons. The van der Waals surface area contributed by atoms with Gasteiger partial charge in [0, 0.05) is 12.1 Å². The largest absolute Gasteiger partial charge is 0.459 e. The van der Waals surface area contributed by atoms with E-state index in [1.165, 1.54) is 12.1 Å². The summed E-state index contributed by atoms with van der Waals surface area (Å²) in [7, 11) is 0. The Balaban J connectivity index is 1.25. The number of carbonyl (C=O) groups is 1. The third kappa shape index (κ3) is 4.69. The summed E-state index contributed by atoms with van der Waals surface area (Å²) in [5.41, 5.74) is 2.77. The number of esters is 1. The monoisotopic (exact) mass is 518 g/mol. The average Bonchev–Trinajstić information content (AvgIpc) is 3.34. The highest BCUT2D eigenvalue weighted by Gasteiger charge is 2.58. The number of allylic oxidation sites excluding steroid dienone is 3. The number of nitrogens with zero attached hydrogens (tertiary/aromatic N) is 4. The molecule has 1 aromatic heterocycles. The van der Waals surface area contributed by atoms with Crippen molar-refractivity contribution in [3.05, 3.63) is 76.1 Å². The van der Waals surface area contributed by atoms with Crippen molar-refractivity contribution >= 4 is 11.7 Å². The van der Waals surface area contributed by atoms with Crippen LogP contribution in [0, 0.1) is 38.2 Å². The molecule has 1 aromatic carbocycles. The fraction of sp³-hybridized carbons (Fsp3) is 0.567. The maximum atomic E-state index is 13.6. The minimum Gasteiger partial charge on any atom is -0.459 e. The van der Waals surface area contributed by atoms with E-state index in [4.69, 9.17) is 4.74 Å². The van der Waals surface area contributed by atoms with Gasteiger partial charge in [-0.1, -0.05) is 55.3 Å². The van der Waals surface area contributed by atoms with Crippen molar-refractivity contribution in [3.63, 3.8) is 0 Å². The van der Waals surface area contributed by atoms with E-state index in [2.05, 4.69) is 49.8 Å². The second-order valence-electron chi connectivity index (χ2n) is 12.3. The zero-order valence-corrected chi connectivity index (χ0v) is 22.7. The van der Waals surface area contributed by atoms with Crippen LogP contribution in [0.25, 0.3) is 0 Å². The van der Waals surface area contributed by atoms with Gasteiger partial charge >= 0.3 is 5.97 Å². The maximum absolute atomic E-state index is 13.6. The molecule has 5 atom stereocenters. The number of benzene rings is 1. The van der Waals surface area contributed by atoms with Gasteiger partial charge in [0.2, 0.25) is 0 Å². The van der Waals surface area contributed by atoms with E-state index in [0.29, 0.717) is 18.2 Å². The van der Waals surface area contributed by atoms with Crippen LogP contribution in [0.3, 0.4) is 0 Å². The first-order valence-corrected chi connectivity index (χ1v) is 13.7. The molecule has 3 aliphatic rings. The molecule has 202 valence electrons. The molecule has 2 fully saturated rings.